The Morgan fingerprint density at radius 2 is 1.65 bits per heavy atom. The van der Waals surface area contributed by atoms with Crippen LogP contribution in [0.1, 0.15) is 23.9 Å². The fourth-order valence-electron chi connectivity index (χ4n) is 3.52. The van der Waals surface area contributed by atoms with E-state index in [1.807, 2.05) is 36.4 Å². The van der Waals surface area contributed by atoms with Crippen LogP contribution in [0, 0.1) is 0 Å². The lowest BCUT2D eigenvalue weighted by Gasteiger charge is -2.21. The van der Waals surface area contributed by atoms with Crippen molar-refractivity contribution in [1.29, 1.82) is 0 Å². The van der Waals surface area contributed by atoms with Gasteiger partial charge in [0.2, 0.25) is 0 Å². The highest BCUT2D eigenvalue weighted by molar-refractivity contribution is 5.90. The molecule has 0 atom stereocenters. The fourth-order valence-corrected chi connectivity index (χ4v) is 3.52. The molecule has 5 rings (SSSR count). The minimum Gasteiger partial charge on any atom is -0.453 e. The van der Waals surface area contributed by atoms with Crippen molar-refractivity contribution in [2.75, 3.05) is 0 Å². The van der Waals surface area contributed by atoms with Crippen LogP contribution in [0.2, 0.25) is 0 Å². The zero-order valence-electron chi connectivity index (χ0n) is 14.5. The molecule has 3 aromatic carbocycles. The Balaban J connectivity index is 1.68. The number of aromatic nitrogens is 2. The molecule has 0 aliphatic carbocycles. The maximum absolute atomic E-state index is 6.21. The normalized spacial score (nSPS) is 12.3. The number of para-hydroxylation sites is 2. The van der Waals surface area contributed by atoms with Crippen molar-refractivity contribution in [3.63, 3.8) is 0 Å². The Hall–Kier alpha value is -3.33. The van der Waals surface area contributed by atoms with E-state index in [0.29, 0.717) is 0 Å². The van der Waals surface area contributed by atoms with E-state index in [2.05, 4.69) is 54.0 Å². The second-order valence-electron chi connectivity index (χ2n) is 6.42. The van der Waals surface area contributed by atoms with Crippen LogP contribution >= 0.6 is 0 Å². The first-order valence-electron chi connectivity index (χ1n) is 8.89. The number of hydrogen-bond acceptors (Lipinski definition) is 2. The number of rotatable bonds is 3. The lowest BCUT2D eigenvalue weighted by atomic mass is 10.1. The van der Waals surface area contributed by atoms with Crippen molar-refractivity contribution in [1.82, 2.24) is 9.55 Å². The van der Waals surface area contributed by atoms with Crippen LogP contribution in [-0.4, -0.2) is 9.55 Å². The van der Waals surface area contributed by atoms with E-state index in [1.54, 1.807) is 0 Å². The number of benzene rings is 3. The Morgan fingerprint density at radius 1 is 0.885 bits per heavy atom. The summed E-state index contributed by atoms with van der Waals surface area (Å²) in [6, 6.07) is 22.7. The van der Waals surface area contributed by atoms with Gasteiger partial charge in [-0.1, -0.05) is 61.5 Å². The van der Waals surface area contributed by atoms with Gasteiger partial charge in [0.25, 0.3) is 0 Å². The zero-order chi connectivity index (χ0) is 17.5. The lowest BCUT2D eigenvalue weighted by molar-refractivity contribution is 0.474. The minimum absolute atomic E-state index is 0.862. The molecule has 1 aliphatic heterocycles. The van der Waals surface area contributed by atoms with Crippen molar-refractivity contribution >= 4 is 23.2 Å². The van der Waals surface area contributed by atoms with Crippen LogP contribution in [0.15, 0.2) is 66.7 Å². The zero-order valence-corrected chi connectivity index (χ0v) is 14.5. The van der Waals surface area contributed by atoms with Gasteiger partial charge in [0.1, 0.15) is 11.3 Å². The standard InChI is InChI=1S/C23H18N2O/c1-2-22-24-18-14-17(13-12-16-8-4-3-5-9-16)15-21-23(18)25(22)19-10-6-7-11-20(19)26-21/h3-15H,2H2,1H3/b13-12+. The van der Waals surface area contributed by atoms with E-state index in [0.717, 1.165) is 46.0 Å². The van der Waals surface area contributed by atoms with Gasteiger partial charge in [-0.15, -0.1) is 0 Å². The minimum atomic E-state index is 0.862. The molecular weight excluding hydrogens is 320 g/mol. The molecule has 2 heterocycles. The van der Waals surface area contributed by atoms with Gasteiger partial charge in [0.15, 0.2) is 11.5 Å². The molecule has 3 nitrogen and oxygen atoms in total. The molecule has 0 saturated heterocycles. The smallest absolute Gasteiger partial charge is 0.154 e. The van der Waals surface area contributed by atoms with Crippen molar-refractivity contribution in [3.05, 3.63) is 83.7 Å². The molecule has 1 aliphatic rings. The molecule has 26 heavy (non-hydrogen) atoms. The second-order valence-corrected chi connectivity index (χ2v) is 6.42. The van der Waals surface area contributed by atoms with Gasteiger partial charge in [0, 0.05) is 6.42 Å². The van der Waals surface area contributed by atoms with Crippen LogP contribution in [-0.2, 0) is 6.42 Å². The predicted octanol–water partition coefficient (Wildman–Crippen LogP) is 5.86. The number of aryl methyl sites for hydroxylation is 1. The molecule has 0 radical (unpaired) electrons. The average molecular weight is 338 g/mol. The second kappa shape index (κ2) is 5.88. The Bertz CT molecular complexity index is 1140. The van der Waals surface area contributed by atoms with Gasteiger partial charge in [-0.3, -0.25) is 4.57 Å². The third-order valence-corrected chi connectivity index (χ3v) is 4.72. The Morgan fingerprint density at radius 3 is 2.50 bits per heavy atom. The highest BCUT2D eigenvalue weighted by Gasteiger charge is 2.23. The quantitative estimate of drug-likeness (QED) is 0.385. The maximum atomic E-state index is 6.21. The maximum Gasteiger partial charge on any atom is 0.154 e. The van der Waals surface area contributed by atoms with E-state index in [9.17, 15) is 0 Å². The third kappa shape index (κ3) is 2.32. The Labute approximate surface area is 152 Å². The fraction of sp³-hybridized carbons (Fsp3) is 0.0870. The molecule has 0 fully saturated rings. The van der Waals surface area contributed by atoms with Crippen molar-refractivity contribution < 1.29 is 4.74 Å². The number of ether oxygens (including phenoxy) is 1. The molecule has 0 spiro atoms. The van der Waals surface area contributed by atoms with Gasteiger partial charge in [0.05, 0.1) is 11.2 Å². The summed E-state index contributed by atoms with van der Waals surface area (Å²) in [7, 11) is 0. The summed E-state index contributed by atoms with van der Waals surface area (Å²) in [6.07, 6.45) is 5.10. The van der Waals surface area contributed by atoms with E-state index in [4.69, 9.17) is 9.72 Å². The summed E-state index contributed by atoms with van der Waals surface area (Å²) in [6.45, 7) is 2.14. The molecular formula is C23H18N2O. The lowest BCUT2D eigenvalue weighted by Crippen LogP contribution is -2.07. The molecule has 0 amide bonds. The summed E-state index contributed by atoms with van der Waals surface area (Å²) >= 11 is 0. The molecule has 0 bridgehead atoms. The monoisotopic (exact) mass is 338 g/mol. The molecule has 0 unspecified atom stereocenters. The molecule has 0 saturated carbocycles. The summed E-state index contributed by atoms with van der Waals surface area (Å²) in [4.78, 5) is 4.87. The molecule has 0 N–H and O–H groups in total. The van der Waals surface area contributed by atoms with Crippen LogP contribution in [0.4, 0.5) is 0 Å². The number of hydrogen-bond donors (Lipinski definition) is 0. The SMILES string of the molecule is CCc1nc2cc(/C=C/c3ccccc3)cc3c2n1-c1ccccc1O3. The topological polar surface area (TPSA) is 27.1 Å². The van der Waals surface area contributed by atoms with Crippen LogP contribution in [0.25, 0.3) is 28.9 Å². The van der Waals surface area contributed by atoms with Crippen LogP contribution < -0.4 is 4.74 Å². The van der Waals surface area contributed by atoms with E-state index >= 15 is 0 Å². The highest BCUT2D eigenvalue weighted by atomic mass is 16.5. The van der Waals surface area contributed by atoms with Crippen LogP contribution in [0.3, 0.4) is 0 Å². The summed E-state index contributed by atoms with van der Waals surface area (Å²) in [5.41, 5.74) is 5.35. The highest BCUT2D eigenvalue weighted by Crippen LogP contribution is 2.42. The summed E-state index contributed by atoms with van der Waals surface area (Å²) < 4.78 is 8.44. The Kier molecular flexibility index (Phi) is 3.39. The first-order chi connectivity index (χ1) is 12.8. The van der Waals surface area contributed by atoms with Gasteiger partial charge in [-0.2, -0.15) is 0 Å². The van der Waals surface area contributed by atoms with Crippen molar-refractivity contribution in [2.24, 2.45) is 0 Å². The van der Waals surface area contributed by atoms with Crippen molar-refractivity contribution in [2.45, 2.75) is 13.3 Å². The summed E-state index contributed by atoms with van der Waals surface area (Å²) in [5.74, 6) is 2.79. The number of imidazole rings is 1. The third-order valence-electron chi connectivity index (χ3n) is 4.72. The number of fused-ring (bicyclic) bond motifs is 2. The van der Waals surface area contributed by atoms with Gasteiger partial charge >= 0.3 is 0 Å². The van der Waals surface area contributed by atoms with Gasteiger partial charge in [-0.25, -0.2) is 4.98 Å². The van der Waals surface area contributed by atoms with E-state index in [-0.39, 0.29) is 0 Å². The van der Waals surface area contributed by atoms with E-state index < -0.39 is 0 Å². The summed E-state index contributed by atoms with van der Waals surface area (Å²) in [5, 5.41) is 0. The van der Waals surface area contributed by atoms with E-state index in [1.165, 1.54) is 5.56 Å². The van der Waals surface area contributed by atoms with Crippen molar-refractivity contribution in [3.8, 4) is 17.2 Å². The molecule has 4 aromatic rings. The first-order valence-corrected chi connectivity index (χ1v) is 8.89. The molecule has 3 heteroatoms. The average Bonchev–Trinajstić information content (AvgIpc) is 3.07. The van der Waals surface area contributed by atoms with Gasteiger partial charge in [-0.05, 0) is 35.4 Å². The molecule has 1 aromatic heterocycles. The predicted molar refractivity (Wildman–Crippen MR) is 106 cm³/mol. The number of nitrogens with zero attached hydrogens (tertiary/aromatic N) is 2. The van der Waals surface area contributed by atoms with Gasteiger partial charge < -0.3 is 4.74 Å². The van der Waals surface area contributed by atoms with Crippen LogP contribution in [0.5, 0.6) is 11.5 Å². The first kappa shape index (κ1) is 15.0. The molecule has 126 valence electrons. The largest absolute Gasteiger partial charge is 0.453 e.